The number of alkyl carbamates (subject to hydrolysis) is 1. The Kier molecular flexibility index (Phi) is 16.5. The van der Waals surface area contributed by atoms with E-state index in [2.05, 4.69) is 26.0 Å². The smallest absolute Gasteiger partial charge is 0.407 e. The third kappa shape index (κ3) is 13.7. The van der Waals surface area contributed by atoms with Crippen LogP contribution in [0.1, 0.15) is 99.8 Å². The molecule has 4 aliphatic heterocycles. The van der Waals surface area contributed by atoms with Gasteiger partial charge in [-0.3, -0.25) is 19.2 Å². The van der Waals surface area contributed by atoms with Gasteiger partial charge < -0.3 is 68.6 Å². The number of ether oxygens (including phenoxy) is 10. The van der Waals surface area contributed by atoms with Gasteiger partial charge >= 0.3 is 12.1 Å². The summed E-state index contributed by atoms with van der Waals surface area (Å²) >= 11 is 0. The zero-order chi connectivity index (χ0) is 42.1. The maximum Gasteiger partial charge on any atom is 0.407 e. The lowest BCUT2D eigenvalue weighted by molar-refractivity contribution is -0.220. The highest BCUT2D eigenvalue weighted by molar-refractivity contribution is 5.78. The van der Waals surface area contributed by atoms with E-state index in [1.54, 1.807) is 48.5 Å². The highest BCUT2D eigenvalue weighted by Gasteiger charge is 2.58. The number of hydrogen-bond acceptors (Lipinski definition) is 15. The molecule has 0 aromatic carbocycles. The molecule has 0 radical (unpaired) electrons. The second kappa shape index (κ2) is 20.2. The molecule has 57 heavy (non-hydrogen) atoms. The molecule has 4 heterocycles. The maximum absolute atomic E-state index is 13.3. The molecule has 0 bridgehead atoms. The Bertz CT molecular complexity index is 1390. The molecular weight excluding hydrogens is 752 g/mol. The molecule has 4 saturated heterocycles. The molecule has 326 valence electrons. The minimum Gasteiger partial charge on any atom is -0.469 e. The van der Waals surface area contributed by atoms with Gasteiger partial charge in [-0.1, -0.05) is 0 Å². The molecular formula is C38H64N4O15. The molecule has 4 N–H and O–H groups in total. The van der Waals surface area contributed by atoms with Crippen LogP contribution in [-0.2, 0) is 66.5 Å². The first-order valence-electron chi connectivity index (χ1n) is 19.7. The Balaban J connectivity index is 1.28. The van der Waals surface area contributed by atoms with Gasteiger partial charge in [0.2, 0.25) is 17.7 Å². The minimum absolute atomic E-state index is 0.0268. The van der Waals surface area contributed by atoms with Crippen LogP contribution < -0.4 is 21.3 Å². The Morgan fingerprint density at radius 2 is 1.09 bits per heavy atom. The number of fused-ring (bicyclic) bond motifs is 2. The fourth-order valence-corrected chi connectivity index (χ4v) is 7.36. The fraction of sp³-hybridized carbons (Fsp3) is 0.868. The lowest BCUT2D eigenvalue weighted by Crippen LogP contribution is -2.51. The molecule has 4 rings (SSSR count). The van der Waals surface area contributed by atoms with E-state index in [9.17, 15) is 24.0 Å². The van der Waals surface area contributed by atoms with E-state index in [0.29, 0.717) is 19.4 Å². The lowest BCUT2D eigenvalue weighted by atomic mass is 9.98. The van der Waals surface area contributed by atoms with Gasteiger partial charge in [-0.15, -0.1) is 0 Å². The van der Waals surface area contributed by atoms with Crippen LogP contribution in [0.2, 0.25) is 0 Å². The van der Waals surface area contributed by atoms with Gasteiger partial charge in [0.15, 0.2) is 24.2 Å². The Morgan fingerprint density at radius 1 is 0.632 bits per heavy atom. The third-order valence-electron chi connectivity index (χ3n) is 9.82. The molecule has 0 aliphatic carbocycles. The Labute approximate surface area is 334 Å². The first-order chi connectivity index (χ1) is 26.7. The van der Waals surface area contributed by atoms with Crippen molar-refractivity contribution in [1.82, 2.24) is 21.3 Å². The number of rotatable bonds is 20. The van der Waals surface area contributed by atoms with E-state index in [4.69, 9.17) is 42.6 Å². The molecule has 0 spiro atoms. The first-order valence-corrected chi connectivity index (χ1v) is 19.7. The van der Waals surface area contributed by atoms with Crippen LogP contribution in [0.5, 0.6) is 0 Å². The van der Waals surface area contributed by atoms with Crippen molar-refractivity contribution >= 4 is 29.8 Å². The van der Waals surface area contributed by atoms with Crippen LogP contribution >= 0.6 is 0 Å². The normalized spacial score (nSPS) is 29.4. The summed E-state index contributed by atoms with van der Waals surface area (Å²) in [6, 6.07) is -1.32. The van der Waals surface area contributed by atoms with Crippen LogP contribution in [0, 0.1) is 0 Å². The van der Waals surface area contributed by atoms with Crippen molar-refractivity contribution in [3.05, 3.63) is 0 Å². The van der Waals surface area contributed by atoms with Gasteiger partial charge in [0, 0.05) is 53.0 Å². The Hall–Kier alpha value is -3.17. The van der Waals surface area contributed by atoms with Gasteiger partial charge in [0.1, 0.15) is 42.2 Å². The van der Waals surface area contributed by atoms with Crippen LogP contribution in [0.15, 0.2) is 0 Å². The number of amides is 4. The quantitative estimate of drug-likeness (QED) is 0.101. The number of methoxy groups -OCH3 is 3. The zero-order valence-electron chi connectivity index (χ0n) is 35.0. The second-order valence-corrected chi connectivity index (χ2v) is 16.5. The SMILES string of the molecule is COC(=O)CCCNC(=O)CC[C@H](NC(=O)CCCNC(=O)CC[C@H](NC(=O)OC(C)(C)C)[C@H]1O[C@@H]2OC(C)(C)O[C@@H]2[C@H]1OC)[C@H]1O[C@@H]2OC(C)(C)O[C@@H]2[C@H]1OC. The number of carbonyl (C=O) groups is 5. The van der Waals surface area contributed by atoms with Crippen molar-refractivity contribution in [3.63, 3.8) is 0 Å². The van der Waals surface area contributed by atoms with Crippen molar-refractivity contribution in [2.45, 2.75) is 178 Å². The predicted octanol–water partition coefficient (Wildman–Crippen LogP) is 1.67. The van der Waals surface area contributed by atoms with Gasteiger partial charge in [0.25, 0.3) is 0 Å². The molecule has 10 atom stereocenters. The summed E-state index contributed by atoms with van der Waals surface area (Å²) in [4.78, 5) is 63.2. The van der Waals surface area contributed by atoms with Gasteiger partial charge in [0.05, 0.1) is 19.2 Å². The van der Waals surface area contributed by atoms with Gasteiger partial charge in [-0.05, 0) is 74.1 Å². The van der Waals surface area contributed by atoms with Crippen molar-refractivity contribution in [2.24, 2.45) is 0 Å². The summed E-state index contributed by atoms with van der Waals surface area (Å²) in [5.74, 6) is -2.96. The molecule has 4 amide bonds. The first kappa shape index (κ1) is 46.5. The van der Waals surface area contributed by atoms with Gasteiger partial charge in [-0.2, -0.15) is 0 Å². The average Bonchev–Trinajstić information content (AvgIpc) is 3.81. The molecule has 19 heteroatoms. The molecule has 0 aromatic heterocycles. The highest BCUT2D eigenvalue weighted by Crippen LogP contribution is 2.41. The zero-order valence-corrected chi connectivity index (χ0v) is 35.0. The minimum atomic E-state index is -0.878. The molecule has 4 aliphatic rings. The number of carbonyl (C=O) groups excluding carboxylic acids is 5. The number of hydrogen-bond donors (Lipinski definition) is 4. The second-order valence-electron chi connectivity index (χ2n) is 16.5. The third-order valence-corrected chi connectivity index (χ3v) is 9.82. The van der Waals surface area contributed by atoms with Crippen molar-refractivity contribution in [2.75, 3.05) is 34.4 Å². The van der Waals surface area contributed by atoms with Gasteiger partial charge in [-0.25, -0.2) is 4.79 Å². The summed E-state index contributed by atoms with van der Waals surface area (Å²) < 4.78 is 57.8. The van der Waals surface area contributed by atoms with Crippen LogP contribution in [0.3, 0.4) is 0 Å². The average molecular weight is 817 g/mol. The highest BCUT2D eigenvalue weighted by atomic mass is 16.9. The largest absolute Gasteiger partial charge is 0.469 e. The van der Waals surface area contributed by atoms with E-state index in [-0.39, 0.29) is 68.8 Å². The van der Waals surface area contributed by atoms with E-state index >= 15 is 0 Å². The summed E-state index contributed by atoms with van der Waals surface area (Å²) in [5, 5.41) is 11.5. The van der Waals surface area contributed by atoms with Crippen molar-refractivity contribution in [1.29, 1.82) is 0 Å². The number of esters is 1. The van der Waals surface area contributed by atoms with Crippen molar-refractivity contribution in [3.8, 4) is 0 Å². The van der Waals surface area contributed by atoms with Crippen LogP contribution in [0.4, 0.5) is 4.79 Å². The monoisotopic (exact) mass is 816 g/mol. The summed E-state index contributed by atoms with van der Waals surface area (Å²) in [6.07, 6.45) is -4.21. The van der Waals surface area contributed by atoms with E-state index in [1.807, 2.05) is 0 Å². The summed E-state index contributed by atoms with van der Waals surface area (Å²) in [6.45, 7) is 12.8. The molecule has 0 unspecified atom stereocenters. The summed E-state index contributed by atoms with van der Waals surface area (Å²) in [7, 11) is 4.35. The molecule has 4 fully saturated rings. The summed E-state index contributed by atoms with van der Waals surface area (Å²) in [5.41, 5.74) is -0.751. The molecule has 0 aromatic rings. The molecule has 19 nitrogen and oxygen atoms in total. The van der Waals surface area contributed by atoms with Crippen molar-refractivity contribution < 1.29 is 71.3 Å². The number of nitrogens with one attached hydrogen (secondary N) is 4. The van der Waals surface area contributed by atoms with E-state index in [0.717, 1.165) is 0 Å². The maximum atomic E-state index is 13.3. The van der Waals surface area contributed by atoms with Crippen LogP contribution in [0.25, 0.3) is 0 Å². The standard InChI is InChI=1S/C38H64N4O15/c1-36(2,3)57-35(47)42-22(28-30(50-10)32-34(52-28)56-38(6,7)54-32)16-18-24(44)39-19-11-13-25(45)41-21(15-17-23(43)40-20-12-14-26(46)48-8)27-29(49-9)31-33(51-27)55-37(4,5)53-31/h21-22,27-34H,11-20H2,1-10H3,(H,39,44)(H,40,43)(H,41,45)(H,42,47)/t21-,22-,27+,28+,29-,30-,31+,32+,33+,34+/m0/s1. The topological polar surface area (TPSA) is 226 Å². The van der Waals surface area contributed by atoms with E-state index in [1.165, 1.54) is 21.3 Å². The predicted molar refractivity (Wildman–Crippen MR) is 199 cm³/mol. The van der Waals surface area contributed by atoms with E-state index < -0.39 is 84.6 Å². The van der Waals surface area contributed by atoms with Crippen LogP contribution in [-0.4, -0.2) is 143 Å². The lowest BCUT2D eigenvalue weighted by Gasteiger charge is -2.31. The Morgan fingerprint density at radius 3 is 1.53 bits per heavy atom. The molecule has 0 saturated carbocycles. The fourth-order valence-electron chi connectivity index (χ4n) is 7.36.